The number of H-pyrrole nitrogens is 1. The number of amides is 2. The van der Waals surface area contributed by atoms with Gasteiger partial charge in [0.2, 0.25) is 5.91 Å². The van der Waals surface area contributed by atoms with Crippen molar-refractivity contribution in [1.82, 2.24) is 20.2 Å². The molecule has 134 valence electrons. The number of rotatable bonds is 5. The van der Waals surface area contributed by atoms with Crippen LogP contribution in [0.25, 0.3) is 11.0 Å². The van der Waals surface area contributed by atoms with Gasteiger partial charge in [-0.2, -0.15) is 0 Å². The second-order valence-corrected chi connectivity index (χ2v) is 6.23. The number of fused-ring (bicyclic) bond motifs is 1. The molecule has 25 heavy (non-hydrogen) atoms. The van der Waals surface area contributed by atoms with Gasteiger partial charge in [0.15, 0.2) is 0 Å². The monoisotopic (exact) mass is 344 g/mol. The number of nitrogens with one attached hydrogen (secondary N) is 2. The minimum atomic E-state index is -0.331. The number of aromatic nitrogens is 2. The summed E-state index contributed by atoms with van der Waals surface area (Å²) in [5, 5.41) is 2.96. The molecule has 1 aliphatic heterocycles. The summed E-state index contributed by atoms with van der Waals surface area (Å²) in [5.74, 6) is 0.678. The summed E-state index contributed by atoms with van der Waals surface area (Å²) in [4.78, 5) is 33.6. The van der Waals surface area contributed by atoms with Crippen LogP contribution in [0.2, 0.25) is 0 Å². The van der Waals surface area contributed by atoms with Crippen LogP contribution in [-0.4, -0.2) is 53.1 Å². The molecule has 2 heterocycles. The predicted molar refractivity (Wildman–Crippen MR) is 94.1 cm³/mol. The first-order valence-electron chi connectivity index (χ1n) is 8.80. The van der Waals surface area contributed by atoms with Crippen molar-refractivity contribution in [1.29, 1.82) is 0 Å². The Balaban J connectivity index is 1.47. The Hall–Kier alpha value is -2.57. The van der Waals surface area contributed by atoms with Crippen molar-refractivity contribution in [2.24, 2.45) is 5.92 Å². The highest BCUT2D eigenvalue weighted by Crippen LogP contribution is 2.17. The minimum Gasteiger partial charge on any atom is -0.450 e. The molecule has 2 N–H and O–H groups in total. The number of piperidine rings is 1. The van der Waals surface area contributed by atoms with Crippen LogP contribution in [0, 0.1) is 5.92 Å². The number of ether oxygens (including phenoxy) is 1. The largest absolute Gasteiger partial charge is 0.450 e. The number of hydrogen-bond donors (Lipinski definition) is 2. The third-order valence-corrected chi connectivity index (χ3v) is 4.42. The van der Waals surface area contributed by atoms with E-state index in [4.69, 9.17) is 4.74 Å². The number of para-hydroxylation sites is 2. The van der Waals surface area contributed by atoms with Crippen molar-refractivity contribution in [3.05, 3.63) is 30.1 Å². The van der Waals surface area contributed by atoms with Crippen molar-refractivity contribution in [3.63, 3.8) is 0 Å². The third kappa shape index (κ3) is 4.29. The summed E-state index contributed by atoms with van der Waals surface area (Å²) in [7, 11) is 0. The average molecular weight is 344 g/mol. The van der Waals surface area contributed by atoms with Crippen molar-refractivity contribution < 1.29 is 14.3 Å². The van der Waals surface area contributed by atoms with Crippen LogP contribution < -0.4 is 5.32 Å². The van der Waals surface area contributed by atoms with Crippen molar-refractivity contribution in [2.75, 3.05) is 26.2 Å². The fraction of sp³-hybridized carbons (Fsp3) is 0.500. The summed E-state index contributed by atoms with van der Waals surface area (Å²) >= 11 is 0. The van der Waals surface area contributed by atoms with E-state index in [9.17, 15) is 9.59 Å². The summed E-state index contributed by atoms with van der Waals surface area (Å²) in [6.07, 6.45) is 1.93. The predicted octanol–water partition coefficient (Wildman–Crippen LogP) is 2.09. The fourth-order valence-corrected chi connectivity index (χ4v) is 3.14. The smallest absolute Gasteiger partial charge is 0.409 e. The zero-order valence-corrected chi connectivity index (χ0v) is 14.5. The van der Waals surface area contributed by atoms with E-state index in [1.807, 2.05) is 24.3 Å². The molecule has 3 rings (SSSR count). The molecule has 0 spiro atoms. The van der Waals surface area contributed by atoms with E-state index < -0.39 is 0 Å². The molecule has 1 aromatic carbocycles. The molecular weight excluding hydrogens is 320 g/mol. The third-order valence-electron chi connectivity index (χ3n) is 4.42. The number of imidazole rings is 1. The highest BCUT2D eigenvalue weighted by Gasteiger charge is 2.28. The molecule has 1 fully saturated rings. The first kappa shape index (κ1) is 17.3. The molecular formula is C18H24N4O3. The van der Waals surface area contributed by atoms with Gasteiger partial charge in [0.25, 0.3) is 0 Å². The lowest BCUT2D eigenvalue weighted by atomic mass is 9.97. The van der Waals surface area contributed by atoms with E-state index >= 15 is 0 Å². The highest BCUT2D eigenvalue weighted by atomic mass is 16.6. The first-order valence-corrected chi connectivity index (χ1v) is 8.80. The van der Waals surface area contributed by atoms with E-state index in [0.717, 1.165) is 29.7 Å². The van der Waals surface area contributed by atoms with Gasteiger partial charge in [0.05, 0.1) is 23.6 Å². The van der Waals surface area contributed by atoms with Gasteiger partial charge in [-0.15, -0.1) is 0 Å². The molecule has 2 aromatic rings. The normalized spacial score (nSPS) is 17.5. The van der Waals surface area contributed by atoms with Gasteiger partial charge < -0.3 is 19.9 Å². The van der Waals surface area contributed by atoms with Gasteiger partial charge in [0.1, 0.15) is 5.82 Å². The standard InChI is InChI=1S/C18H24N4O3/c1-2-25-18(24)22-11-5-6-13(12-22)17(23)19-10-9-16-20-14-7-3-4-8-15(14)21-16/h3-4,7-8,13H,2,5-6,9-12H2,1H3,(H,19,23)(H,20,21)/t13-/m0/s1. The zero-order chi connectivity index (χ0) is 17.6. The number of carbonyl (C=O) groups is 2. The summed E-state index contributed by atoms with van der Waals surface area (Å²) in [5.41, 5.74) is 1.93. The maximum Gasteiger partial charge on any atom is 0.409 e. The van der Waals surface area contributed by atoms with Gasteiger partial charge in [-0.05, 0) is 31.9 Å². The fourth-order valence-electron chi connectivity index (χ4n) is 3.14. The van der Waals surface area contributed by atoms with Gasteiger partial charge in [0, 0.05) is 26.1 Å². The first-order chi connectivity index (χ1) is 12.2. The molecule has 0 saturated carbocycles. The number of nitrogens with zero attached hydrogens (tertiary/aromatic N) is 2. The number of hydrogen-bond acceptors (Lipinski definition) is 4. The lowest BCUT2D eigenvalue weighted by Crippen LogP contribution is -2.46. The Kier molecular flexibility index (Phi) is 5.53. The summed E-state index contributed by atoms with van der Waals surface area (Å²) in [6, 6.07) is 7.86. The van der Waals surface area contributed by atoms with Crippen molar-refractivity contribution in [3.8, 4) is 0 Å². The van der Waals surface area contributed by atoms with Crippen molar-refractivity contribution >= 4 is 23.0 Å². The SMILES string of the molecule is CCOC(=O)N1CCC[C@H](C(=O)NCCc2nc3ccccc3[nH]2)C1. The number of aromatic amines is 1. The zero-order valence-electron chi connectivity index (χ0n) is 14.5. The van der Waals surface area contributed by atoms with Crippen LogP contribution in [-0.2, 0) is 16.0 Å². The van der Waals surface area contributed by atoms with E-state index in [2.05, 4.69) is 15.3 Å². The molecule has 0 unspecified atom stereocenters. The molecule has 0 aliphatic carbocycles. The van der Waals surface area contributed by atoms with Crippen LogP contribution in [0.4, 0.5) is 4.79 Å². The molecule has 2 amide bonds. The molecule has 7 nitrogen and oxygen atoms in total. The number of benzene rings is 1. The Morgan fingerprint density at radius 3 is 3.04 bits per heavy atom. The Morgan fingerprint density at radius 1 is 1.40 bits per heavy atom. The second kappa shape index (κ2) is 8.00. The molecule has 0 bridgehead atoms. The topological polar surface area (TPSA) is 87.3 Å². The van der Waals surface area contributed by atoms with Crippen LogP contribution in [0.15, 0.2) is 24.3 Å². The Labute approximate surface area is 146 Å². The van der Waals surface area contributed by atoms with E-state index in [1.165, 1.54) is 0 Å². The lowest BCUT2D eigenvalue weighted by Gasteiger charge is -2.31. The second-order valence-electron chi connectivity index (χ2n) is 6.23. The molecule has 0 radical (unpaired) electrons. The molecule has 1 aromatic heterocycles. The maximum atomic E-state index is 12.4. The van der Waals surface area contributed by atoms with Gasteiger partial charge in [-0.1, -0.05) is 12.1 Å². The molecule has 1 saturated heterocycles. The highest BCUT2D eigenvalue weighted by molar-refractivity contribution is 5.80. The average Bonchev–Trinajstić information content (AvgIpc) is 3.04. The lowest BCUT2D eigenvalue weighted by molar-refractivity contribution is -0.126. The summed E-state index contributed by atoms with van der Waals surface area (Å²) < 4.78 is 5.02. The van der Waals surface area contributed by atoms with E-state index in [1.54, 1.807) is 11.8 Å². The Morgan fingerprint density at radius 2 is 2.24 bits per heavy atom. The maximum absolute atomic E-state index is 12.4. The van der Waals surface area contributed by atoms with Gasteiger partial charge in [-0.25, -0.2) is 9.78 Å². The molecule has 1 atom stereocenters. The van der Waals surface area contributed by atoms with E-state index in [0.29, 0.717) is 32.7 Å². The quantitative estimate of drug-likeness (QED) is 0.869. The molecule has 1 aliphatic rings. The van der Waals surface area contributed by atoms with Crippen LogP contribution in [0.5, 0.6) is 0 Å². The van der Waals surface area contributed by atoms with Crippen LogP contribution in [0.1, 0.15) is 25.6 Å². The number of carbonyl (C=O) groups excluding carboxylic acids is 2. The van der Waals surface area contributed by atoms with Crippen molar-refractivity contribution in [2.45, 2.75) is 26.2 Å². The summed E-state index contributed by atoms with van der Waals surface area (Å²) in [6.45, 7) is 3.74. The van der Waals surface area contributed by atoms with Gasteiger partial charge in [-0.3, -0.25) is 4.79 Å². The van der Waals surface area contributed by atoms with E-state index in [-0.39, 0.29) is 17.9 Å². The number of likely N-dealkylation sites (tertiary alicyclic amines) is 1. The van der Waals surface area contributed by atoms with Gasteiger partial charge >= 0.3 is 6.09 Å². The minimum absolute atomic E-state index is 0.00916. The van der Waals surface area contributed by atoms with Crippen LogP contribution in [0.3, 0.4) is 0 Å². The van der Waals surface area contributed by atoms with Crippen LogP contribution >= 0.6 is 0 Å². The Bertz CT molecular complexity index is 710. The molecule has 7 heteroatoms.